The largest absolute Gasteiger partial charge is 0.493 e. The third-order valence-electron chi connectivity index (χ3n) is 12.6. The molecule has 322 valence electrons. The van der Waals surface area contributed by atoms with Crippen LogP contribution in [0.25, 0.3) is 10.8 Å². The van der Waals surface area contributed by atoms with Crippen LogP contribution in [-0.4, -0.2) is 95.5 Å². The lowest BCUT2D eigenvalue weighted by atomic mass is 9.88. The third kappa shape index (κ3) is 8.42. The number of nitrogens with zero attached hydrogens (tertiary/aromatic N) is 2. The highest BCUT2D eigenvalue weighted by Crippen LogP contribution is 2.48. The molecule has 1 saturated heterocycles. The van der Waals surface area contributed by atoms with E-state index in [-0.39, 0.29) is 31.2 Å². The number of sulfonamides is 1. The number of rotatable bonds is 7. The van der Waals surface area contributed by atoms with E-state index in [0.29, 0.717) is 57.9 Å². The van der Waals surface area contributed by atoms with Crippen molar-refractivity contribution in [1.82, 2.24) is 25.2 Å². The van der Waals surface area contributed by atoms with Gasteiger partial charge in [0.25, 0.3) is 5.91 Å². The summed E-state index contributed by atoms with van der Waals surface area (Å²) >= 11 is 0. The van der Waals surface area contributed by atoms with Crippen LogP contribution in [0.15, 0.2) is 36.5 Å². The highest BCUT2D eigenvalue weighted by molar-refractivity contribution is 7.91. The van der Waals surface area contributed by atoms with E-state index in [2.05, 4.69) is 20.3 Å². The molecule has 2 aliphatic carbocycles. The van der Waals surface area contributed by atoms with Crippen LogP contribution in [0.2, 0.25) is 0 Å². The number of pyridine rings is 1. The van der Waals surface area contributed by atoms with Crippen LogP contribution in [0.3, 0.4) is 0 Å². The maximum atomic E-state index is 14.8. The summed E-state index contributed by atoms with van der Waals surface area (Å²) in [5.74, 6) is -2.69. The van der Waals surface area contributed by atoms with Crippen molar-refractivity contribution in [3.05, 3.63) is 42.1 Å². The smallest absolute Gasteiger partial charge is 0.427 e. The minimum absolute atomic E-state index is 0.0337. The van der Waals surface area contributed by atoms with Gasteiger partial charge in [0.1, 0.15) is 29.5 Å². The maximum absolute atomic E-state index is 14.8. The molecular formula is C41H52F3N5O9S. The summed E-state index contributed by atoms with van der Waals surface area (Å²) in [5.41, 5.74) is -3.48. The van der Waals surface area contributed by atoms with Crippen molar-refractivity contribution in [1.29, 1.82) is 0 Å². The second-order valence-electron chi connectivity index (χ2n) is 17.7. The molecule has 3 aliphatic heterocycles. The number of halogens is 3. The van der Waals surface area contributed by atoms with Gasteiger partial charge in [0.05, 0.1) is 17.9 Å². The van der Waals surface area contributed by atoms with Crippen LogP contribution in [0.4, 0.5) is 18.0 Å². The zero-order valence-corrected chi connectivity index (χ0v) is 34.6. The molecule has 7 atom stereocenters. The first-order valence-electron chi connectivity index (χ1n) is 20.3. The molecule has 18 heteroatoms. The van der Waals surface area contributed by atoms with Gasteiger partial charge in [-0.3, -0.25) is 19.1 Å². The molecule has 1 aromatic heterocycles. The number of alkyl halides is 3. The van der Waals surface area contributed by atoms with Gasteiger partial charge in [-0.1, -0.05) is 32.1 Å². The molecule has 1 aromatic carbocycles. The Kier molecular flexibility index (Phi) is 11.1. The molecule has 0 radical (unpaired) electrons. The van der Waals surface area contributed by atoms with Crippen molar-refractivity contribution in [3.8, 4) is 11.6 Å². The fraction of sp³-hybridized carbons (Fsp3) is 0.634. The summed E-state index contributed by atoms with van der Waals surface area (Å²) in [6.07, 6.45) is 2.02. The fourth-order valence-corrected chi connectivity index (χ4v) is 9.66. The SMILES string of the molecule is C[C@H]1CC/C=C\[C@@H]2C[C@@]2(C(=O)NS(=O)(=O)C2(C)CC2)NC(=O)[C@@H]2C[C@@H](Oc3nccc4c5c(ccc34)CCCO5)CN2C(=O)[C@@H](NC(=O)OC(C)(C)C(F)(F)F)[C@H](C)C1. The van der Waals surface area contributed by atoms with Crippen LogP contribution >= 0.6 is 0 Å². The molecule has 0 spiro atoms. The first-order valence-corrected chi connectivity index (χ1v) is 21.8. The Morgan fingerprint density at radius 3 is 2.54 bits per heavy atom. The Hall–Kier alpha value is -4.61. The first kappa shape index (κ1) is 42.5. The predicted molar refractivity (Wildman–Crippen MR) is 209 cm³/mol. The highest BCUT2D eigenvalue weighted by Gasteiger charge is 2.63. The summed E-state index contributed by atoms with van der Waals surface area (Å²) in [6.45, 7) is 6.93. The monoisotopic (exact) mass is 847 g/mol. The van der Waals surface area contributed by atoms with Crippen molar-refractivity contribution < 1.29 is 55.0 Å². The summed E-state index contributed by atoms with van der Waals surface area (Å²) in [6, 6.07) is 2.88. The lowest BCUT2D eigenvalue weighted by Gasteiger charge is -2.34. The van der Waals surface area contributed by atoms with Gasteiger partial charge in [-0.2, -0.15) is 13.2 Å². The standard InChI is InChI=1S/C41H52F3N5O9S/c1-23-9-6-7-11-26-21-40(26,36(52)48-59(54,55)39(5)15-16-39)47-33(50)30-20-27(57-34-29-13-12-25-10-8-18-56-32(25)28(29)14-17-45-34)22-49(30)35(51)31(24(2)19-23)46-37(53)58-38(3,4)41(42,43)44/h7,11-14,17,23-24,26-27,30-31H,6,8-10,15-16,18-22H2,1-5H3,(H,46,53)(H,47,50)(H,48,52)/b11-7-/t23-,24+,26+,27+,30-,31-,40+/m0/s1. The molecule has 0 bridgehead atoms. The Morgan fingerprint density at radius 1 is 1.08 bits per heavy atom. The number of nitrogens with one attached hydrogen (secondary N) is 3. The van der Waals surface area contributed by atoms with E-state index in [1.54, 1.807) is 26.1 Å². The van der Waals surface area contributed by atoms with Crippen LogP contribution in [-0.2, 0) is 35.6 Å². The van der Waals surface area contributed by atoms with Crippen LogP contribution in [0, 0.1) is 17.8 Å². The number of amides is 4. The second kappa shape index (κ2) is 15.4. The molecule has 2 saturated carbocycles. The molecule has 14 nitrogen and oxygen atoms in total. The molecular weight excluding hydrogens is 796 g/mol. The second-order valence-corrected chi connectivity index (χ2v) is 19.9. The van der Waals surface area contributed by atoms with E-state index >= 15 is 0 Å². The molecule has 3 fully saturated rings. The van der Waals surface area contributed by atoms with E-state index in [4.69, 9.17) is 14.2 Å². The lowest BCUT2D eigenvalue weighted by Crippen LogP contribution is -2.59. The van der Waals surface area contributed by atoms with Crippen molar-refractivity contribution in [3.63, 3.8) is 0 Å². The van der Waals surface area contributed by atoms with E-state index in [1.165, 1.54) is 4.90 Å². The van der Waals surface area contributed by atoms with Crippen molar-refractivity contribution >= 4 is 44.6 Å². The van der Waals surface area contributed by atoms with Gasteiger partial charge in [-0.25, -0.2) is 18.2 Å². The van der Waals surface area contributed by atoms with Gasteiger partial charge in [-0.05, 0) is 102 Å². The Balaban J connectivity index is 1.23. The Labute approximate surface area is 341 Å². The minimum atomic E-state index is -4.91. The molecule has 59 heavy (non-hydrogen) atoms. The highest BCUT2D eigenvalue weighted by atomic mass is 32.2. The predicted octanol–water partition coefficient (Wildman–Crippen LogP) is 5.23. The van der Waals surface area contributed by atoms with Crippen LogP contribution < -0.4 is 24.8 Å². The third-order valence-corrected chi connectivity index (χ3v) is 14.8. The average Bonchev–Trinajstić information content (AvgIpc) is 4.04. The van der Waals surface area contributed by atoms with Gasteiger partial charge in [0, 0.05) is 29.3 Å². The van der Waals surface area contributed by atoms with E-state index < -0.39 is 85.9 Å². The molecule has 4 amide bonds. The maximum Gasteiger partial charge on any atom is 0.427 e. The number of aryl methyl sites for hydroxylation is 1. The summed E-state index contributed by atoms with van der Waals surface area (Å²) in [5, 5.41) is 6.62. The fourth-order valence-electron chi connectivity index (χ4n) is 8.34. The summed E-state index contributed by atoms with van der Waals surface area (Å²) in [7, 11) is -4.08. The van der Waals surface area contributed by atoms with Crippen LogP contribution in [0.1, 0.15) is 91.5 Å². The number of hydrogen-bond donors (Lipinski definition) is 3. The van der Waals surface area contributed by atoms with Crippen molar-refractivity contribution in [2.45, 2.75) is 133 Å². The van der Waals surface area contributed by atoms with Crippen LogP contribution in [0.5, 0.6) is 11.6 Å². The summed E-state index contributed by atoms with van der Waals surface area (Å²) < 4.78 is 86.1. The van der Waals surface area contributed by atoms with Gasteiger partial charge in [0.15, 0.2) is 0 Å². The molecule has 0 unspecified atom stereocenters. The summed E-state index contributed by atoms with van der Waals surface area (Å²) in [4.78, 5) is 62.1. The van der Waals surface area contributed by atoms with E-state index in [9.17, 15) is 40.8 Å². The molecule has 5 aliphatic rings. The Bertz CT molecular complexity index is 2160. The number of hydrogen-bond acceptors (Lipinski definition) is 10. The van der Waals surface area contributed by atoms with Gasteiger partial charge < -0.3 is 29.7 Å². The number of carbonyl (C=O) groups excluding carboxylic acids is 4. The number of benzene rings is 1. The number of ether oxygens (including phenoxy) is 3. The van der Waals surface area contributed by atoms with Gasteiger partial charge in [-0.15, -0.1) is 0 Å². The van der Waals surface area contributed by atoms with Gasteiger partial charge >= 0.3 is 12.3 Å². The van der Waals surface area contributed by atoms with E-state index in [1.807, 2.05) is 31.2 Å². The average molecular weight is 848 g/mol. The van der Waals surface area contributed by atoms with Crippen molar-refractivity contribution in [2.24, 2.45) is 17.8 Å². The number of aromatic nitrogens is 1. The zero-order chi connectivity index (χ0) is 42.7. The molecule has 2 aromatic rings. The quantitative estimate of drug-likeness (QED) is 0.312. The van der Waals surface area contributed by atoms with E-state index in [0.717, 1.165) is 29.5 Å². The van der Waals surface area contributed by atoms with Crippen molar-refractivity contribution in [2.75, 3.05) is 13.2 Å². The normalized spacial score (nSPS) is 30.2. The lowest BCUT2D eigenvalue weighted by molar-refractivity contribution is -0.244. The van der Waals surface area contributed by atoms with Gasteiger partial charge in [0.2, 0.25) is 33.3 Å². The molecule has 7 rings (SSSR count). The first-order chi connectivity index (χ1) is 27.6. The number of fused-ring (bicyclic) bond motifs is 5. The molecule has 3 N–H and O–H groups in total. The number of alkyl carbamates (subject to hydrolysis) is 1. The minimum Gasteiger partial charge on any atom is -0.493 e. The topological polar surface area (TPSA) is 182 Å². The zero-order valence-electron chi connectivity index (χ0n) is 33.8. The number of carbonyl (C=O) groups is 4. The number of allylic oxidation sites excluding steroid dienone is 1. The molecule has 4 heterocycles. The Morgan fingerprint density at radius 2 is 1.83 bits per heavy atom.